The first-order chi connectivity index (χ1) is 19.9. The Kier molecular flexibility index (Phi) is 14.0. The summed E-state index contributed by atoms with van der Waals surface area (Å²) in [6.07, 6.45) is -24.3. The Morgan fingerprint density at radius 1 is 0.619 bits per heavy atom. The predicted molar refractivity (Wildman–Crippen MR) is 136 cm³/mol. The summed E-state index contributed by atoms with van der Waals surface area (Å²) in [7, 11) is 0. The number of hydrogen-bond acceptors (Lipinski definition) is 18. The van der Waals surface area contributed by atoms with Crippen LogP contribution in [0.4, 0.5) is 0 Å². The second-order valence-electron chi connectivity index (χ2n) is 10.0. The lowest BCUT2D eigenvalue weighted by Gasteiger charge is -2.48. The summed E-state index contributed by atoms with van der Waals surface area (Å²) in [4.78, 5) is 10.8. The van der Waals surface area contributed by atoms with Crippen molar-refractivity contribution in [3.8, 4) is 0 Å². The van der Waals surface area contributed by atoms with Crippen LogP contribution in [-0.2, 0) is 33.2 Å². The normalized spacial score (nSPS) is 44.7. The topological polar surface area (TPSA) is 301 Å². The molecule has 3 heterocycles. The van der Waals surface area contributed by atoms with E-state index in [0.29, 0.717) is 11.5 Å². The fourth-order valence-corrected chi connectivity index (χ4v) is 5.44. The van der Waals surface area contributed by atoms with Gasteiger partial charge in [0.25, 0.3) is 0 Å². The van der Waals surface area contributed by atoms with Crippen LogP contribution in [0.15, 0.2) is 0 Å². The molecule has 0 radical (unpaired) electrons. The molecule has 15 atom stereocenters. The maximum absolute atomic E-state index is 10.8. The van der Waals surface area contributed by atoms with E-state index >= 15 is 0 Å². The van der Waals surface area contributed by atoms with Gasteiger partial charge in [0.2, 0.25) is 5.91 Å². The van der Waals surface area contributed by atoms with Crippen molar-refractivity contribution in [2.75, 3.05) is 37.9 Å². The average Bonchev–Trinajstić information content (AvgIpc) is 2.97. The number of amides is 1. The highest BCUT2D eigenvalue weighted by Crippen LogP contribution is 2.32. The molecule has 19 heteroatoms. The van der Waals surface area contributed by atoms with Crippen molar-refractivity contribution < 1.29 is 84.3 Å². The molecule has 0 aromatic carbocycles. The summed E-state index contributed by atoms with van der Waals surface area (Å²) in [5.41, 5.74) is 5.07. The first-order valence-electron chi connectivity index (χ1n) is 13.3. The second kappa shape index (κ2) is 16.5. The first-order valence-corrected chi connectivity index (χ1v) is 14.4. The molecule has 0 bridgehead atoms. The van der Waals surface area contributed by atoms with Gasteiger partial charge in [-0.3, -0.25) is 4.79 Å². The third-order valence-electron chi connectivity index (χ3n) is 7.07. The van der Waals surface area contributed by atoms with Gasteiger partial charge in [0.15, 0.2) is 18.9 Å². The molecule has 42 heavy (non-hydrogen) atoms. The van der Waals surface area contributed by atoms with Crippen LogP contribution in [-0.4, -0.2) is 187 Å². The average molecular weight is 636 g/mol. The molecule has 3 aliphatic rings. The monoisotopic (exact) mass is 635 g/mol. The van der Waals surface area contributed by atoms with Gasteiger partial charge < -0.3 is 85.2 Å². The fourth-order valence-electron chi connectivity index (χ4n) is 4.68. The minimum Gasteiger partial charge on any atom is -0.394 e. The summed E-state index contributed by atoms with van der Waals surface area (Å²) in [6.45, 7) is -2.23. The van der Waals surface area contributed by atoms with Gasteiger partial charge in [0.05, 0.1) is 26.4 Å². The molecule has 0 unspecified atom stereocenters. The van der Waals surface area contributed by atoms with Crippen LogP contribution in [0.3, 0.4) is 0 Å². The minimum atomic E-state index is -1.92. The van der Waals surface area contributed by atoms with E-state index in [0.717, 1.165) is 0 Å². The summed E-state index contributed by atoms with van der Waals surface area (Å²) < 4.78 is 32.9. The number of thioether (sulfide) groups is 1. The number of aliphatic hydroxyl groups excluding tert-OH is 10. The molecule has 0 aliphatic carbocycles. The number of hydrogen-bond donors (Lipinski definition) is 11. The maximum atomic E-state index is 10.8. The van der Waals surface area contributed by atoms with Gasteiger partial charge in [-0.15, -0.1) is 0 Å². The zero-order chi connectivity index (χ0) is 31.1. The summed E-state index contributed by atoms with van der Waals surface area (Å²) >= 11 is 1.36. The van der Waals surface area contributed by atoms with Gasteiger partial charge in [0, 0.05) is 17.9 Å². The molecule has 1 amide bonds. The second-order valence-corrected chi connectivity index (χ2v) is 11.2. The molecule has 246 valence electrons. The van der Waals surface area contributed by atoms with Crippen LogP contribution in [0.2, 0.25) is 0 Å². The van der Waals surface area contributed by atoms with E-state index in [2.05, 4.69) is 0 Å². The third kappa shape index (κ3) is 8.46. The van der Waals surface area contributed by atoms with Gasteiger partial charge in [-0.05, 0) is 0 Å². The van der Waals surface area contributed by atoms with Crippen LogP contribution in [0, 0.1) is 0 Å². The van der Waals surface area contributed by atoms with Crippen LogP contribution < -0.4 is 5.73 Å². The van der Waals surface area contributed by atoms with Gasteiger partial charge >= 0.3 is 0 Å². The maximum Gasteiger partial charge on any atom is 0.218 e. The van der Waals surface area contributed by atoms with E-state index in [9.17, 15) is 55.9 Å². The Bertz CT molecular complexity index is 826. The van der Waals surface area contributed by atoms with Crippen molar-refractivity contribution in [1.82, 2.24) is 0 Å². The zero-order valence-corrected chi connectivity index (χ0v) is 23.2. The van der Waals surface area contributed by atoms with E-state index in [4.69, 9.17) is 34.2 Å². The Hall–Kier alpha value is -0.820. The van der Waals surface area contributed by atoms with Crippen molar-refractivity contribution in [1.29, 1.82) is 0 Å². The Balaban J connectivity index is 1.61. The van der Waals surface area contributed by atoms with E-state index in [1.807, 2.05) is 0 Å². The van der Waals surface area contributed by atoms with Crippen LogP contribution in [0.1, 0.15) is 6.42 Å². The Morgan fingerprint density at radius 3 is 1.57 bits per heavy atom. The lowest BCUT2D eigenvalue weighted by molar-refractivity contribution is -0.379. The number of ether oxygens (including phenoxy) is 6. The van der Waals surface area contributed by atoms with E-state index in [-0.39, 0.29) is 13.0 Å². The number of aliphatic hydroxyl groups is 10. The number of carbonyl (C=O) groups excluding carboxylic acids is 1. The van der Waals surface area contributed by atoms with Crippen molar-refractivity contribution in [2.24, 2.45) is 5.73 Å². The molecule has 3 fully saturated rings. The van der Waals surface area contributed by atoms with Crippen molar-refractivity contribution >= 4 is 17.7 Å². The van der Waals surface area contributed by atoms with Crippen LogP contribution in [0.5, 0.6) is 0 Å². The van der Waals surface area contributed by atoms with Crippen molar-refractivity contribution in [2.45, 2.75) is 98.5 Å². The smallest absolute Gasteiger partial charge is 0.218 e. The van der Waals surface area contributed by atoms with Crippen molar-refractivity contribution in [3.05, 3.63) is 0 Å². The molecule has 0 saturated carbocycles. The van der Waals surface area contributed by atoms with Gasteiger partial charge in [-0.1, -0.05) is 0 Å². The van der Waals surface area contributed by atoms with Gasteiger partial charge in [-0.25, -0.2) is 0 Å². The molecule has 12 N–H and O–H groups in total. The predicted octanol–water partition coefficient (Wildman–Crippen LogP) is -6.94. The molecule has 3 saturated heterocycles. The highest BCUT2D eigenvalue weighted by molar-refractivity contribution is 7.99. The first kappa shape index (κ1) is 35.7. The SMILES string of the molecule is NC(=O)CCSCCO[C@@H]1O[C@H](CO)[C@@H](O[C@@H]2O[C@H](CO)[C@H](O[C@H]3O[C@H](CO)[C@H](O)[C@H](O)[C@H]3O)[C@H](O)[C@H]2O)[C@H](O)[C@H]1O. The number of rotatable bonds is 14. The number of primary amides is 1. The third-order valence-corrected chi connectivity index (χ3v) is 8.02. The van der Waals surface area contributed by atoms with E-state index in [1.54, 1.807) is 0 Å². The van der Waals surface area contributed by atoms with Crippen LogP contribution >= 0.6 is 11.8 Å². The molecular weight excluding hydrogens is 594 g/mol. The van der Waals surface area contributed by atoms with Crippen LogP contribution in [0.25, 0.3) is 0 Å². The standard InChI is InChI=1S/C23H41NO17S/c24-11(28)1-3-42-4-2-36-21-17(34)14(31)19(9(6-26)38-21)41-23-18(35)15(32)20(10(7-27)39-23)40-22-16(33)13(30)12(29)8(5-25)37-22/h8-10,12-23,25-27,29-35H,1-7H2,(H2,24,28)/t8-,9-,10-,12+,13+,14-,15-,16-,17-,18-,19-,20+,21-,22-,23+/m1/s1. The summed E-state index contributed by atoms with van der Waals surface area (Å²) in [6, 6.07) is 0. The van der Waals surface area contributed by atoms with Gasteiger partial charge in [0.1, 0.15) is 73.2 Å². The number of nitrogens with two attached hydrogens (primary N) is 1. The molecule has 3 rings (SSSR count). The quantitative estimate of drug-likeness (QED) is 0.0790. The zero-order valence-electron chi connectivity index (χ0n) is 22.4. The summed E-state index contributed by atoms with van der Waals surface area (Å²) in [5.74, 6) is 0.425. The fraction of sp³-hybridized carbons (Fsp3) is 0.957. The van der Waals surface area contributed by atoms with E-state index < -0.39 is 118 Å². The number of carbonyl (C=O) groups is 1. The summed E-state index contributed by atoms with van der Waals surface area (Å²) in [5, 5.41) is 102. The molecule has 0 spiro atoms. The Morgan fingerprint density at radius 2 is 1.07 bits per heavy atom. The lowest BCUT2D eigenvalue weighted by Crippen LogP contribution is -2.66. The molecule has 3 aliphatic heterocycles. The molecule has 0 aromatic heterocycles. The largest absolute Gasteiger partial charge is 0.394 e. The highest BCUT2D eigenvalue weighted by Gasteiger charge is 2.53. The highest BCUT2D eigenvalue weighted by atomic mass is 32.2. The molecular formula is C23H41NO17S. The lowest BCUT2D eigenvalue weighted by atomic mass is 9.96. The van der Waals surface area contributed by atoms with Crippen molar-refractivity contribution in [3.63, 3.8) is 0 Å². The van der Waals surface area contributed by atoms with E-state index in [1.165, 1.54) is 11.8 Å². The molecule has 18 nitrogen and oxygen atoms in total. The van der Waals surface area contributed by atoms with Gasteiger partial charge in [-0.2, -0.15) is 11.8 Å². The molecule has 0 aromatic rings. The minimum absolute atomic E-state index is 0.0617. The Labute approximate surface area is 244 Å².